The van der Waals surface area contributed by atoms with Gasteiger partial charge in [0.05, 0.1) is 18.2 Å². The summed E-state index contributed by atoms with van der Waals surface area (Å²) in [5.74, 6) is 0.491. The molecule has 32 heavy (non-hydrogen) atoms. The third kappa shape index (κ3) is 3.36. The third-order valence-electron chi connectivity index (χ3n) is 7.61. The molecular weight excluding hydrogens is 408 g/mol. The predicted molar refractivity (Wildman–Crippen MR) is 114 cm³/mol. The van der Waals surface area contributed by atoms with Gasteiger partial charge in [-0.05, 0) is 55.4 Å². The van der Waals surface area contributed by atoms with Crippen LogP contribution >= 0.6 is 0 Å². The van der Waals surface area contributed by atoms with Crippen molar-refractivity contribution in [2.24, 2.45) is 5.92 Å². The molecule has 3 saturated heterocycles. The maximum atomic E-state index is 13.3. The monoisotopic (exact) mass is 436 g/mol. The van der Waals surface area contributed by atoms with Gasteiger partial charge in [-0.15, -0.1) is 0 Å². The predicted octanol–water partition coefficient (Wildman–Crippen LogP) is 1.64. The van der Waals surface area contributed by atoms with Crippen molar-refractivity contribution < 1.29 is 19.1 Å². The van der Waals surface area contributed by atoms with Crippen molar-refractivity contribution in [2.75, 3.05) is 19.6 Å². The summed E-state index contributed by atoms with van der Waals surface area (Å²) < 4.78 is 4.97. The summed E-state index contributed by atoms with van der Waals surface area (Å²) in [5, 5.41) is 9.29. The topological polar surface area (TPSA) is 93.9 Å². The molecule has 0 spiro atoms. The Bertz CT molecular complexity index is 989. The number of hydrogen-bond donors (Lipinski definition) is 0. The Balaban J connectivity index is 1.24. The van der Waals surface area contributed by atoms with Crippen molar-refractivity contribution in [2.45, 2.75) is 63.2 Å². The third-order valence-corrected chi connectivity index (χ3v) is 7.61. The van der Waals surface area contributed by atoms with Crippen molar-refractivity contribution in [3.63, 3.8) is 0 Å². The molecule has 4 aliphatic rings. The molecule has 3 aliphatic heterocycles. The molecule has 8 nitrogen and oxygen atoms in total. The quantitative estimate of drug-likeness (QED) is 0.630. The summed E-state index contributed by atoms with van der Waals surface area (Å²) in [5.41, 5.74) is 2.29. The zero-order valence-electron chi connectivity index (χ0n) is 18.3. The number of likely N-dealkylation sites (tertiary alicyclic amines) is 3. The average molecular weight is 437 g/mol. The Kier molecular flexibility index (Phi) is 5.38. The van der Waals surface area contributed by atoms with E-state index < -0.39 is 0 Å². The second kappa shape index (κ2) is 8.21. The zero-order chi connectivity index (χ0) is 22.4. The van der Waals surface area contributed by atoms with Crippen LogP contribution in [0.25, 0.3) is 0 Å². The molecule has 1 aromatic rings. The number of aryl methyl sites for hydroxylation is 1. The van der Waals surface area contributed by atoms with Crippen LogP contribution < -0.4 is 4.74 Å². The van der Waals surface area contributed by atoms with Crippen LogP contribution in [0, 0.1) is 17.2 Å². The minimum absolute atomic E-state index is 0.0270. The smallest absolute Gasteiger partial charge is 0.298 e. The van der Waals surface area contributed by atoms with Crippen molar-refractivity contribution in [1.29, 1.82) is 5.26 Å². The Morgan fingerprint density at radius 2 is 2.19 bits per heavy atom. The number of nitriles is 1. The summed E-state index contributed by atoms with van der Waals surface area (Å²) in [6, 6.07) is 7.66. The van der Waals surface area contributed by atoms with Gasteiger partial charge in [0.1, 0.15) is 11.8 Å². The van der Waals surface area contributed by atoms with Crippen molar-refractivity contribution >= 4 is 18.3 Å². The molecule has 168 valence electrons. The van der Waals surface area contributed by atoms with E-state index in [1.165, 1.54) is 0 Å². The molecule has 0 aromatic heterocycles. The van der Waals surface area contributed by atoms with Crippen LogP contribution in [0.4, 0.5) is 0 Å². The van der Waals surface area contributed by atoms with E-state index in [0.29, 0.717) is 25.3 Å². The fraction of sp³-hybridized carbons (Fsp3) is 0.583. The highest BCUT2D eigenvalue weighted by molar-refractivity contribution is 5.87. The number of nitrogens with zero attached hydrogens (tertiary/aromatic N) is 4. The molecule has 8 heteroatoms. The average Bonchev–Trinajstić information content (AvgIpc) is 3.56. The molecule has 0 N–H and O–H groups in total. The first-order valence-corrected chi connectivity index (χ1v) is 11.5. The second-order valence-electron chi connectivity index (χ2n) is 9.45. The lowest BCUT2D eigenvalue weighted by Gasteiger charge is -2.38. The molecule has 3 heterocycles. The van der Waals surface area contributed by atoms with Crippen LogP contribution in [0.15, 0.2) is 18.2 Å². The lowest BCUT2D eigenvalue weighted by Crippen LogP contribution is -2.53. The SMILES string of the molecule is C[C@@H](CN1C[C@@H]2C[C@H]1C(=O)N2[C@H]1CCc2cc(OC=O)ccc21)C(=O)N1CCC[C@H]1C#N. The number of piperazine rings is 1. The van der Waals surface area contributed by atoms with Crippen LogP contribution in [-0.4, -0.2) is 70.7 Å². The number of amides is 2. The molecule has 0 saturated carbocycles. The molecule has 0 radical (unpaired) electrons. The Morgan fingerprint density at radius 3 is 2.94 bits per heavy atom. The van der Waals surface area contributed by atoms with Gasteiger partial charge in [0.25, 0.3) is 6.47 Å². The van der Waals surface area contributed by atoms with Gasteiger partial charge in [-0.25, -0.2) is 0 Å². The van der Waals surface area contributed by atoms with Crippen LogP contribution in [0.3, 0.4) is 0 Å². The first-order chi connectivity index (χ1) is 15.5. The molecular formula is C24H28N4O4. The molecule has 0 unspecified atom stereocenters. The molecule has 1 aromatic carbocycles. The van der Waals surface area contributed by atoms with E-state index in [1.54, 1.807) is 11.0 Å². The Morgan fingerprint density at radius 1 is 1.34 bits per heavy atom. The van der Waals surface area contributed by atoms with E-state index in [1.807, 2.05) is 19.1 Å². The van der Waals surface area contributed by atoms with Crippen molar-refractivity contribution in [3.8, 4) is 11.8 Å². The maximum Gasteiger partial charge on any atom is 0.298 e. The van der Waals surface area contributed by atoms with E-state index >= 15 is 0 Å². The molecule has 5 rings (SSSR count). The van der Waals surface area contributed by atoms with E-state index in [2.05, 4.69) is 15.9 Å². The first kappa shape index (κ1) is 21.0. The van der Waals surface area contributed by atoms with Gasteiger partial charge in [0.15, 0.2) is 0 Å². The van der Waals surface area contributed by atoms with Gasteiger partial charge < -0.3 is 14.5 Å². The normalized spacial score (nSPS) is 29.8. The van der Waals surface area contributed by atoms with Gasteiger partial charge in [0.2, 0.25) is 11.8 Å². The van der Waals surface area contributed by atoms with Crippen LogP contribution in [-0.2, 0) is 20.8 Å². The number of rotatable bonds is 6. The second-order valence-corrected chi connectivity index (χ2v) is 9.45. The fourth-order valence-electron chi connectivity index (χ4n) is 6.17. The number of carbonyl (C=O) groups excluding carboxylic acids is 3. The molecule has 1 aliphatic carbocycles. The van der Waals surface area contributed by atoms with Crippen LogP contribution in [0.5, 0.6) is 5.75 Å². The molecule has 2 amide bonds. The van der Waals surface area contributed by atoms with Gasteiger partial charge in [-0.1, -0.05) is 13.0 Å². The number of carbonyl (C=O) groups is 3. The number of fused-ring (bicyclic) bond motifs is 3. The molecule has 5 atom stereocenters. The van der Waals surface area contributed by atoms with E-state index in [-0.39, 0.29) is 41.9 Å². The van der Waals surface area contributed by atoms with Gasteiger partial charge in [0, 0.05) is 31.6 Å². The highest BCUT2D eigenvalue weighted by Crippen LogP contribution is 2.44. The maximum absolute atomic E-state index is 13.3. The summed E-state index contributed by atoms with van der Waals surface area (Å²) in [7, 11) is 0. The lowest BCUT2D eigenvalue weighted by atomic mass is 10.0. The van der Waals surface area contributed by atoms with Gasteiger partial charge in [-0.2, -0.15) is 5.26 Å². The van der Waals surface area contributed by atoms with E-state index in [4.69, 9.17) is 4.74 Å². The van der Waals surface area contributed by atoms with E-state index in [0.717, 1.165) is 49.8 Å². The Labute approximate surface area is 187 Å². The van der Waals surface area contributed by atoms with Gasteiger partial charge in [-0.3, -0.25) is 19.3 Å². The largest absolute Gasteiger partial charge is 0.429 e. The summed E-state index contributed by atoms with van der Waals surface area (Å²) in [6.07, 6.45) is 4.19. The number of benzene rings is 1. The molecule has 3 fully saturated rings. The first-order valence-electron chi connectivity index (χ1n) is 11.5. The zero-order valence-corrected chi connectivity index (χ0v) is 18.3. The molecule has 2 bridgehead atoms. The van der Waals surface area contributed by atoms with Crippen LogP contribution in [0.1, 0.15) is 49.8 Å². The minimum Gasteiger partial charge on any atom is -0.429 e. The van der Waals surface area contributed by atoms with E-state index in [9.17, 15) is 19.6 Å². The van der Waals surface area contributed by atoms with Crippen molar-refractivity contribution in [3.05, 3.63) is 29.3 Å². The number of hydrogen-bond acceptors (Lipinski definition) is 6. The Hall–Kier alpha value is -2.92. The standard InChI is InChI=1S/C24H28N4O4/c1-15(23(30)27-8-2-3-17(27)11-25)12-26-13-18-10-22(26)24(31)28(18)21-7-4-16-9-19(32-14-29)5-6-20(16)21/h5-6,9,14-15,17-18,21-22H,2-4,7-8,10,12-13H2,1H3/t15-,17-,18-,21-,22-/m0/s1. The fourth-order valence-corrected chi connectivity index (χ4v) is 6.17. The van der Waals surface area contributed by atoms with Crippen molar-refractivity contribution in [1.82, 2.24) is 14.7 Å². The summed E-state index contributed by atoms with van der Waals surface area (Å²) in [4.78, 5) is 42.8. The minimum atomic E-state index is -0.308. The summed E-state index contributed by atoms with van der Waals surface area (Å²) in [6.45, 7) is 4.34. The van der Waals surface area contributed by atoms with Gasteiger partial charge >= 0.3 is 0 Å². The van der Waals surface area contributed by atoms with Crippen LogP contribution in [0.2, 0.25) is 0 Å². The lowest BCUT2D eigenvalue weighted by molar-refractivity contribution is -0.142. The summed E-state index contributed by atoms with van der Waals surface area (Å²) >= 11 is 0. The highest BCUT2D eigenvalue weighted by atomic mass is 16.5. The highest BCUT2D eigenvalue weighted by Gasteiger charge is 2.53. The number of ether oxygens (including phenoxy) is 1.